The minimum Gasteiger partial charge on any atom is -0.438 e. The van der Waals surface area contributed by atoms with Crippen molar-refractivity contribution in [1.82, 2.24) is 15.0 Å². The summed E-state index contributed by atoms with van der Waals surface area (Å²) < 4.78 is 6.10. The summed E-state index contributed by atoms with van der Waals surface area (Å²) in [4.78, 5) is 28.7. The van der Waals surface area contributed by atoms with E-state index in [1.807, 2.05) is 13.0 Å². The number of hydrogen-bond acceptors (Lipinski definition) is 8. The summed E-state index contributed by atoms with van der Waals surface area (Å²) in [7, 11) is 1.63. The maximum absolute atomic E-state index is 11.6. The maximum atomic E-state index is 11.6. The number of allylic oxidation sites excluding steroid dienone is 1. The van der Waals surface area contributed by atoms with Gasteiger partial charge in [0.05, 0.1) is 11.3 Å². The number of carbonyl (C=O) groups is 1. The smallest absolute Gasteiger partial charge is 0.247 e. The Morgan fingerprint density at radius 2 is 2.06 bits per heavy atom. The molecule has 0 aliphatic heterocycles. The molecule has 0 aliphatic rings. The fourth-order valence-electron chi connectivity index (χ4n) is 2.73. The molecule has 0 bridgehead atoms. The van der Waals surface area contributed by atoms with E-state index < -0.39 is 0 Å². The van der Waals surface area contributed by atoms with E-state index >= 15 is 0 Å². The monoisotopic (exact) mass is 429 g/mol. The van der Waals surface area contributed by atoms with Gasteiger partial charge in [-0.15, -0.1) is 0 Å². The summed E-state index contributed by atoms with van der Waals surface area (Å²) in [6, 6.07) is 8.90. The average Bonchev–Trinajstić information content (AvgIpc) is 2.79. The van der Waals surface area contributed by atoms with Gasteiger partial charge in [0.15, 0.2) is 0 Å². The van der Waals surface area contributed by atoms with Gasteiger partial charge in [-0.1, -0.05) is 12.6 Å². The van der Waals surface area contributed by atoms with Crippen LogP contribution in [0, 0.1) is 6.92 Å². The van der Waals surface area contributed by atoms with Crippen LogP contribution in [0.2, 0.25) is 0 Å². The standard InChI is InChI=1S/C23H23N7O2/c1-4-21(31)28-17-6-5-7-19(9-17)32-22-20(16-8-15(2)11-26-12-16)14-27-23(30-22)29-18(10-24)13-25-3/h4-14H,1,24H2,2-3H3,(H,28,31)(H,27,29,30)/b18-10+,25-13?. The highest BCUT2D eigenvalue weighted by Crippen LogP contribution is 2.33. The van der Waals surface area contributed by atoms with Crippen LogP contribution in [0.1, 0.15) is 5.56 Å². The van der Waals surface area contributed by atoms with Gasteiger partial charge in [0.2, 0.25) is 17.7 Å². The van der Waals surface area contributed by atoms with Gasteiger partial charge in [0.25, 0.3) is 0 Å². The quantitative estimate of drug-likeness (QED) is 0.368. The van der Waals surface area contributed by atoms with Crippen molar-refractivity contribution in [3.8, 4) is 22.8 Å². The first-order chi connectivity index (χ1) is 15.5. The number of aliphatic imine (C=N–C) groups is 1. The lowest BCUT2D eigenvalue weighted by molar-refractivity contribution is -0.111. The highest BCUT2D eigenvalue weighted by molar-refractivity contribution is 5.98. The molecule has 0 saturated carbocycles. The van der Waals surface area contributed by atoms with E-state index in [9.17, 15) is 4.79 Å². The second-order valence-electron chi connectivity index (χ2n) is 6.62. The summed E-state index contributed by atoms with van der Waals surface area (Å²) in [5.41, 5.74) is 9.14. The van der Waals surface area contributed by atoms with Crippen LogP contribution in [0.3, 0.4) is 0 Å². The molecule has 162 valence electrons. The number of carbonyl (C=O) groups excluding carboxylic acids is 1. The van der Waals surface area contributed by atoms with Crippen molar-refractivity contribution < 1.29 is 9.53 Å². The van der Waals surface area contributed by atoms with Crippen LogP contribution in [0.15, 0.2) is 78.5 Å². The Labute approximate surface area is 185 Å². The lowest BCUT2D eigenvalue weighted by Crippen LogP contribution is -2.08. The Balaban J connectivity index is 2.00. The molecular weight excluding hydrogens is 406 g/mol. The largest absolute Gasteiger partial charge is 0.438 e. The number of pyridine rings is 1. The zero-order valence-corrected chi connectivity index (χ0v) is 17.7. The molecule has 3 aromatic rings. The molecule has 3 rings (SSSR count). The molecule has 0 radical (unpaired) electrons. The number of nitrogens with two attached hydrogens (primary N) is 1. The Bertz CT molecular complexity index is 1190. The molecule has 0 fully saturated rings. The van der Waals surface area contributed by atoms with Crippen LogP contribution >= 0.6 is 0 Å². The number of rotatable bonds is 8. The number of nitrogens with zero attached hydrogens (tertiary/aromatic N) is 4. The normalized spacial score (nSPS) is 11.2. The molecule has 0 unspecified atom stereocenters. The Kier molecular flexibility index (Phi) is 7.26. The van der Waals surface area contributed by atoms with Crippen molar-refractivity contribution in [2.45, 2.75) is 6.92 Å². The minimum absolute atomic E-state index is 0.275. The Morgan fingerprint density at radius 3 is 2.78 bits per heavy atom. The van der Waals surface area contributed by atoms with Crippen LogP contribution < -0.4 is 21.1 Å². The summed E-state index contributed by atoms with van der Waals surface area (Å²) in [6.07, 6.45) is 9.22. The number of amides is 1. The molecule has 9 heteroatoms. The predicted octanol–water partition coefficient (Wildman–Crippen LogP) is 3.68. The van der Waals surface area contributed by atoms with Crippen molar-refractivity contribution in [3.63, 3.8) is 0 Å². The SMILES string of the molecule is C=CC(=O)Nc1cccc(Oc2nc(N/C(C=NC)=C/N)ncc2-c2cncc(C)c2)c1. The number of ether oxygens (including phenoxy) is 1. The van der Waals surface area contributed by atoms with Crippen LogP contribution in [0.25, 0.3) is 11.1 Å². The molecule has 9 nitrogen and oxygen atoms in total. The highest BCUT2D eigenvalue weighted by Gasteiger charge is 2.14. The van der Waals surface area contributed by atoms with Gasteiger partial charge >= 0.3 is 0 Å². The van der Waals surface area contributed by atoms with Crippen LogP contribution in [0.4, 0.5) is 11.6 Å². The van der Waals surface area contributed by atoms with Crippen molar-refractivity contribution in [1.29, 1.82) is 0 Å². The fraction of sp³-hybridized carbons (Fsp3) is 0.0870. The van der Waals surface area contributed by atoms with E-state index in [2.05, 4.69) is 37.2 Å². The summed E-state index contributed by atoms with van der Waals surface area (Å²) in [5.74, 6) is 0.730. The molecule has 32 heavy (non-hydrogen) atoms. The Morgan fingerprint density at radius 1 is 1.22 bits per heavy atom. The lowest BCUT2D eigenvalue weighted by Gasteiger charge is -2.13. The fourth-order valence-corrected chi connectivity index (χ4v) is 2.73. The summed E-state index contributed by atoms with van der Waals surface area (Å²) in [6.45, 7) is 5.40. The molecule has 1 amide bonds. The highest BCUT2D eigenvalue weighted by atomic mass is 16.5. The van der Waals surface area contributed by atoms with Crippen molar-refractivity contribution >= 4 is 23.8 Å². The van der Waals surface area contributed by atoms with Gasteiger partial charge in [-0.3, -0.25) is 14.8 Å². The summed E-state index contributed by atoms with van der Waals surface area (Å²) in [5, 5.41) is 5.69. The van der Waals surface area contributed by atoms with E-state index in [0.717, 1.165) is 11.1 Å². The molecular formula is C23H23N7O2. The second-order valence-corrected chi connectivity index (χ2v) is 6.62. The van der Waals surface area contributed by atoms with Gasteiger partial charge in [-0.25, -0.2) is 4.98 Å². The van der Waals surface area contributed by atoms with E-state index in [-0.39, 0.29) is 11.9 Å². The molecule has 1 aromatic carbocycles. The van der Waals surface area contributed by atoms with Crippen LogP contribution in [0.5, 0.6) is 11.6 Å². The first kappa shape index (κ1) is 22.2. The van der Waals surface area contributed by atoms with E-state index in [1.165, 1.54) is 12.3 Å². The number of anilines is 2. The molecule has 2 heterocycles. The average molecular weight is 429 g/mol. The third kappa shape index (κ3) is 5.76. The van der Waals surface area contributed by atoms with Crippen LogP contribution in [-0.2, 0) is 4.79 Å². The Hall–Kier alpha value is -4.53. The molecule has 0 saturated heterocycles. The van der Waals surface area contributed by atoms with Gasteiger partial charge in [-0.05, 0) is 36.8 Å². The minimum atomic E-state index is -0.319. The first-order valence-electron chi connectivity index (χ1n) is 9.64. The number of aromatic nitrogens is 3. The topological polar surface area (TPSA) is 127 Å². The van der Waals surface area contributed by atoms with Crippen LogP contribution in [-0.4, -0.2) is 34.1 Å². The molecule has 0 atom stereocenters. The van der Waals surface area contributed by atoms with Gasteiger partial charge < -0.3 is 21.1 Å². The van der Waals surface area contributed by atoms with Gasteiger partial charge in [0.1, 0.15) is 5.75 Å². The zero-order chi connectivity index (χ0) is 22.9. The third-order valence-electron chi connectivity index (χ3n) is 4.15. The molecule has 0 spiro atoms. The summed E-state index contributed by atoms with van der Waals surface area (Å²) >= 11 is 0. The van der Waals surface area contributed by atoms with E-state index in [1.54, 1.807) is 56.1 Å². The first-order valence-corrected chi connectivity index (χ1v) is 9.64. The predicted molar refractivity (Wildman–Crippen MR) is 126 cm³/mol. The third-order valence-corrected chi connectivity index (χ3v) is 4.15. The second kappa shape index (κ2) is 10.5. The van der Waals surface area contributed by atoms with Crippen molar-refractivity contribution in [3.05, 3.63) is 79.0 Å². The lowest BCUT2D eigenvalue weighted by atomic mass is 10.1. The van der Waals surface area contributed by atoms with E-state index in [4.69, 9.17) is 10.5 Å². The van der Waals surface area contributed by atoms with Crippen molar-refractivity contribution in [2.24, 2.45) is 10.7 Å². The molecule has 2 aromatic heterocycles. The van der Waals surface area contributed by atoms with E-state index in [0.29, 0.717) is 28.6 Å². The molecule has 4 N–H and O–H groups in total. The zero-order valence-electron chi connectivity index (χ0n) is 17.7. The van der Waals surface area contributed by atoms with Crippen molar-refractivity contribution in [2.75, 3.05) is 17.7 Å². The number of hydrogen-bond donors (Lipinski definition) is 3. The maximum Gasteiger partial charge on any atom is 0.247 e. The number of nitrogens with one attached hydrogen (secondary N) is 2. The molecule has 0 aliphatic carbocycles. The number of aryl methyl sites for hydroxylation is 1. The van der Waals surface area contributed by atoms with Gasteiger partial charge in [0, 0.05) is 55.4 Å². The van der Waals surface area contributed by atoms with Gasteiger partial charge in [-0.2, -0.15) is 4.98 Å². The number of benzene rings is 1.